The van der Waals surface area contributed by atoms with Gasteiger partial charge in [-0.15, -0.1) is 0 Å². The fourth-order valence-electron chi connectivity index (χ4n) is 3.51. The first kappa shape index (κ1) is 21.4. The van der Waals surface area contributed by atoms with Crippen LogP contribution in [0.1, 0.15) is 41.6 Å². The van der Waals surface area contributed by atoms with Gasteiger partial charge in [0.15, 0.2) is 0 Å². The Kier molecular flexibility index (Phi) is 6.67. The van der Waals surface area contributed by atoms with Crippen LogP contribution in [0, 0.1) is 11.7 Å². The third-order valence-electron chi connectivity index (χ3n) is 5.18. The molecule has 0 radical (unpaired) electrons. The number of rotatable bonds is 5. The fourth-order valence-corrected chi connectivity index (χ4v) is 3.71. The summed E-state index contributed by atoms with van der Waals surface area (Å²) < 4.78 is 52.3. The molecule has 8 heteroatoms. The minimum Gasteiger partial charge on any atom is -0.382 e. The van der Waals surface area contributed by atoms with E-state index < -0.39 is 17.6 Å². The topological polar surface area (TPSA) is 41.1 Å². The Labute approximate surface area is 171 Å². The molecule has 0 heterocycles. The van der Waals surface area contributed by atoms with Crippen LogP contribution in [0.25, 0.3) is 0 Å². The van der Waals surface area contributed by atoms with Gasteiger partial charge in [0.05, 0.1) is 21.8 Å². The molecule has 2 aromatic carbocycles. The van der Waals surface area contributed by atoms with E-state index in [9.17, 15) is 22.4 Å². The van der Waals surface area contributed by atoms with E-state index in [0.717, 1.165) is 31.0 Å². The maximum atomic E-state index is 13.7. The molecule has 1 fully saturated rings. The van der Waals surface area contributed by atoms with Crippen molar-refractivity contribution in [1.29, 1.82) is 0 Å². The molecule has 0 spiro atoms. The molecule has 0 atom stereocenters. The Bertz CT molecular complexity index is 864. The number of hydrogen-bond donors (Lipinski definition) is 2. The minimum atomic E-state index is -4.54. The zero-order valence-corrected chi connectivity index (χ0v) is 16.3. The molecule has 1 saturated carbocycles. The van der Waals surface area contributed by atoms with Crippen LogP contribution >= 0.6 is 11.6 Å². The van der Waals surface area contributed by atoms with Crippen molar-refractivity contribution in [3.05, 3.63) is 64.4 Å². The van der Waals surface area contributed by atoms with Crippen molar-refractivity contribution in [2.75, 3.05) is 11.9 Å². The number of hydrogen-bond acceptors (Lipinski definition) is 2. The van der Waals surface area contributed by atoms with E-state index in [1.54, 1.807) is 18.2 Å². The van der Waals surface area contributed by atoms with Crippen LogP contribution in [-0.2, 0) is 6.18 Å². The van der Waals surface area contributed by atoms with Gasteiger partial charge in [-0.1, -0.05) is 23.7 Å². The molecular weight excluding hydrogens is 408 g/mol. The Balaban J connectivity index is 1.52. The number of alkyl halides is 3. The lowest BCUT2D eigenvalue weighted by Crippen LogP contribution is -2.38. The van der Waals surface area contributed by atoms with Crippen molar-refractivity contribution in [2.24, 2.45) is 5.92 Å². The van der Waals surface area contributed by atoms with Gasteiger partial charge in [0.25, 0.3) is 5.91 Å². The SMILES string of the molecule is O=C(NC1CCC(CNc2ccccc2F)CC1)c1cc(C(F)(F)F)ccc1Cl. The van der Waals surface area contributed by atoms with Crippen LogP contribution < -0.4 is 10.6 Å². The summed E-state index contributed by atoms with van der Waals surface area (Å²) in [4.78, 5) is 12.4. The van der Waals surface area contributed by atoms with Crippen molar-refractivity contribution in [3.8, 4) is 0 Å². The first-order valence-electron chi connectivity index (χ1n) is 9.40. The lowest BCUT2D eigenvalue weighted by molar-refractivity contribution is -0.137. The number of nitrogens with one attached hydrogen (secondary N) is 2. The van der Waals surface area contributed by atoms with Crippen LogP contribution in [0.15, 0.2) is 42.5 Å². The van der Waals surface area contributed by atoms with E-state index in [4.69, 9.17) is 11.6 Å². The lowest BCUT2D eigenvalue weighted by Gasteiger charge is -2.29. The van der Waals surface area contributed by atoms with E-state index in [1.807, 2.05) is 0 Å². The van der Waals surface area contributed by atoms with Crippen molar-refractivity contribution in [3.63, 3.8) is 0 Å². The van der Waals surface area contributed by atoms with Gasteiger partial charge in [-0.3, -0.25) is 4.79 Å². The van der Waals surface area contributed by atoms with Crippen LogP contribution in [0.4, 0.5) is 23.2 Å². The molecule has 3 nitrogen and oxygen atoms in total. The second-order valence-corrected chi connectivity index (χ2v) is 7.65. The zero-order chi connectivity index (χ0) is 21.0. The predicted molar refractivity (Wildman–Crippen MR) is 105 cm³/mol. The first-order chi connectivity index (χ1) is 13.7. The monoisotopic (exact) mass is 428 g/mol. The largest absolute Gasteiger partial charge is 0.416 e. The van der Waals surface area contributed by atoms with Crippen LogP contribution in [-0.4, -0.2) is 18.5 Å². The van der Waals surface area contributed by atoms with Gasteiger partial charge in [-0.05, 0) is 61.9 Å². The molecule has 2 N–H and O–H groups in total. The lowest BCUT2D eigenvalue weighted by atomic mass is 9.86. The van der Waals surface area contributed by atoms with Crippen molar-refractivity contribution < 1.29 is 22.4 Å². The molecule has 29 heavy (non-hydrogen) atoms. The molecule has 1 aliphatic rings. The number of halogens is 5. The number of amides is 1. The molecule has 3 rings (SSSR count). The Morgan fingerprint density at radius 2 is 1.76 bits per heavy atom. The van der Waals surface area contributed by atoms with Crippen LogP contribution in [0.2, 0.25) is 5.02 Å². The van der Waals surface area contributed by atoms with E-state index in [1.165, 1.54) is 6.07 Å². The van der Waals surface area contributed by atoms with E-state index in [2.05, 4.69) is 10.6 Å². The highest BCUT2D eigenvalue weighted by atomic mass is 35.5. The molecule has 0 aromatic heterocycles. The second-order valence-electron chi connectivity index (χ2n) is 7.24. The quantitative estimate of drug-likeness (QED) is 0.582. The molecule has 0 bridgehead atoms. The number of anilines is 1. The summed E-state index contributed by atoms with van der Waals surface area (Å²) in [6.45, 7) is 0.626. The molecule has 0 unspecified atom stereocenters. The summed E-state index contributed by atoms with van der Waals surface area (Å²) in [5, 5.41) is 5.88. The third-order valence-corrected chi connectivity index (χ3v) is 5.50. The number of para-hydroxylation sites is 1. The first-order valence-corrected chi connectivity index (χ1v) is 9.78. The highest BCUT2D eigenvalue weighted by Crippen LogP contribution is 2.32. The van der Waals surface area contributed by atoms with E-state index in [-0.39, 0.29) is 22.4 Å². The summed E-state index contributed by atoms with van der Waals surface area (Å²) in [6, 6.07) is 9.06. The van der Waals surface area contributed by atoms with Crippen LogP contribution in [0.5, 0.6) is 0 Å². The molecule has 0 saturated heterocycles. The number of benzene rings is 2. The number of carbonyl (C=O) groups excluding carboxylic acids is 1. The van der Waals surface area contributed by atoms with Gasteiger partial charge in [0.2, 0.25) is 0 Å². The number of carbonyl (C=O) groups is 1. The van der Waals surface area contributed by atoms with Crippen molar-refractivity contribution >= 4 is 23.2 Å². The predicted octanol–water partition coefficient (Wildman–Crippen LogP) is 5.90. The molecule has 156 valence electrons. The second kappa shape index (κ2) is 9.03. The molecule has 0 aliphatic heterocycles. The fraction of sp³-hybridized carbons (Fsp3) is 0.381. The molecular formula is C21H21ClF4N2O. The maximum Gasteiger partial charge on any atom is 0.416 e. The average molecular weight is 429 g/mol. The normalized spacial score (nSPS) is 19.6. The van der Waals surface area contributed by atoms with Gasteiger partial charge in [0.1, 0.15) is 5.82 Å². The Morgan fingerprint density at radius 1 is 1.07 bits per heavy atom. The molecule has 1 amide bonds. The summed E-state index contributed by atoms with van der Waals surface area (Å²) >= 11 is 5.93. The Morgan fingerprint density at radius 3 is 2.41 bits per heavy atom. The third kappa shape index (κ3) is 5.63. The average Bonchev–Trinajstić information content (AvgIpc) is 2.68. The van der Waals surface area contributed by atoms with Gasteiger partial charge in [0, 0.05) is 12.6 Å². The highest BCUT2D eigenvalue weighted by Gasteiger charge is 2.32. The Hall–Kier alpha value is -2.28. The summed E-state index contributed by atoms with van der Waals surface area (Å²) in [5.41, 5.74) is -0.623. The smallest absolute Gasteiger partial charge is 0.382 e. The van der Waals surface area contributed by atoms with E-state index >= 15 is 0 Å². The van der Waals surface area contributed by atoms with Gasteiger partial charge >= 0.3 is 6.18 Å². The van der Waals surface area contributed by atoms with Gasteiger partial charge < -0.3 is 10.6 Å². The van der Waals surface area contributed by atoms with Crippen molar-refractivity contribution in [1.82, 2.24) is 5.32 Å². The molecule has 2 aromatic rings. The standard InChI is InChI=1S/C21H21ClF4N2O/c22-17-10-7-14(21(24,25)26)11-16(17)20(29)28-15-8-5-13(6-9-15)12-27-19-4-2-1-3-18(19)23/h1-4,7,10-11,13,15,27H,5-6,8-9,12H2,(H,28,29). The molecule has 1 aliphatic carbocycles. The summed E-state index contributed by atoms with van der Waals surface area (Å²) in [6.07, 6.45) is -1.49. The van der Waals surface area contributed by atoms with Crippen LogP contribution in [0.3, 0.4) is 0 Å². The van der Waals surface area contributed by atoms with Gasteiger partial charge in [-0.2, -0.15) is 13.2 Å². The van der Waals surface area contributed by atoms with Crippen molar-refractivity contribution in [2.45, 2.75) is 37.9 Å². The van der Waals surface area contributed by atoms with Gasteiger partial charge in [-0.25, -0.2) is 4.39 Å². The van der Waals surface area contributed by atoms with E-state index in [0.29, 0.717) is 31.0 Å². The minimum absolute atomic E-state index is 0.0155. The highest BCUT2D eigenvalue weighted by molar-refractivity contribution is 6.33. The zero-order valence-electron chi connectivity index (χ0n) is 15.5. The maximum absolute atomic E-state index is 13.7. The summed E-state index contributed by atoms with van der Waals surface area (Å²) in [5.74, 6) is -0.569. The summed E-state index contributed by atoms with van der Waals surface area (Å²) in [7, 11) is 0.